The fraction of sp³-hybridized carbons (Fsp3) is 0.500. The molecule has 0 heterocycles. The molecule has 0 spiro atoms. The number of amidine groups is 1. The molecule has 0 radical (unpaired) electrons. The standard InChI is InChI=1S/C2H8N4.H2/c1-2(5-3)6-4;/h3-4H2,1H3,(H,5,6);1H. The minimum atomic E-state index is 0. The Morgan fingerprint density at radius 3 is 2.50 bits per heavy atom. The second-order valence-electron chi connectivity index (χ2n) is 0.859. The molecule has 6 heavy (non-hydrogen) atoms. The Hall–Kier alpha value is -0.770. The second-order valence-corrected chi connectivity index (χ2v) is 0.859. The first-order valence-electron chi connectivity index (χ1n) is 1.52. The molecule has 0 aromatic heterocycles. The van der Waals surface area contributed by atoms with Crippen molar-refractivity contribution < 1.29 is 1.43 Å². The molecule has 4 nitrogen and oxygen atoms in total. The van der Waals surface area contributed by atoms with Crippen LogP contribution in [-0.2, 0) is 0 Å². The molecule has 0 saturated carbocycles. The van der Waals surface area contributed by atoms with Crippen molar-refractivity contribution in [2.45, 2.75) is 6.92 Å². The predicted octanol–water partition coefficient (Wildman–Crippen LogP) is -1.01. The van der Waals surface area contributed by atoms with Crippen LogP contribution >= 0.6 is 0 Å². The van der Waals surface area contributed by atoms with Gasteiger partial charge in [0.2, 0.25) is 0 Å². The molecule has 0 saturated heterocycles. The van der Waals surface area contributed by atoms with Gasteiger partial charge in [0.05, 0.1) is 0 Å². The lowest BCUT2D eigenvalue weighted by molar-refractivity contribution is 0.995. The van der Waals surface area contributed by atoms with Crippen LogP contribution in [0.3, 0.4) is 0 Å². The molecule has 0 bridgehead atoms. The number of nitrogens with one attached hydrogen (secondary N) is 1. The summed E-state index contributed by atoms with van der Waals surface area (Å²) in [5, 5.41) is 3.19. The molecule has 0 aliphatic carbocycles. The van der Waals surface area contributed by atoms with Gasteiger partial charge in [0, 0.05) is 1.43 Å². The smallest absolute Gasteiger partial charge is 0.132 e. The maximum atomic E-state index is 4.82. The van der Waals surface area contributed by atoms with Crippen molar-refractivity contribution in [1.29, 1.82) is 0 Å². The number of hydrazone groups is 1. The van der Waals surface area contributed by atoms with Crippen molar-refractivity contribution in [2.75, 3.05) is 0 Å². The van der Waals surface area contributed by atoms with Gasteiger partial charge in [0.25, 0.3) is 0 Å². The van der Waals surface area contributed by atoms with Crippen LogP contribution < -0.4 is 17.1 Å². The van der Waals surface area contributed by atoms with E-state index in [1.807, 2.05) is 0 Å². The molecule has 0 amide bonds. The maximum Gasteiger partial charge on any atom is 0.132 e. The zero-order valence-corrected chi connectivity index (χ0v) is 3.60. The first-order chi connectivity index (χ1) is 2.81. The molecule has 0 aliphatic rings. The highest BCUT2D eigenvalue weighted by Gasteiger charge is 1.73. The lowest BCUT2D eigenvalue weighted by atomic mass is 10.7. The third-order valence-corrected chi connectivity index (χ3v) is 0.403. The minimum absolute atomic E-state index is 0. The predicted molar refractivity (Wildman–Crippen MR) is 26.7 cm³/mol. The molecule has 0 rings (SSSR count). The van der Waals surface area contributed by atoms with E-state index in [9.17, 15) is 0 Å². The number of nitrogens with two attached hydrogens (primary N) is 2. The summed E-state index contributed by atoms with van der Waals surface area (Å²) in [6.07, 6.45) is 0. The first-order valence-corrected chi connectivity index (χ1v) is 1.52. The molecule has 38 valence electrons. The highest BCUT2D eigenvalue weighted by atomic mass is 15.3. The van der Waals surface area contributed by atoms with Crippen LogP contribution in [0, 0.1) is 0 Å². The van der Waals surface area contributed by atoms with E-state index < -0.39 is 0 Å². The van der Waals surface area contributed by atoms with Crippen molar-refractivity contribution in [3.8, 4) is 0 Å². The van der Waals surface area contributed by atoms with Gasteiger partial charge in [-0.1, -0.05) is 0 Å². The monoisotopic (exact) mass is 90.1 g/mol. The molecule has 0 atom stereocenters. The van der Waals surface area contributed by atoms with E-state index in [0.29, 0.717) is 5.84 Å². The molecule has 5 N–H and O–H groups in total. The Labute approximate surface area is 37.7 Å². The van der Waals surface area contributed by atoms with Crippen LogP contribution in [-0.4, -0.2) is 5.84 Å². The van der Waals surface area contributed by atoms with Gasteiger partial charge < -0.3 is 11.3 Å². The van der Waals surface area contributed by atoms with Crippen LogP contribution in [0.25, 0.3) is 0 Å². The number of rotatable bonds is 0. The summed E-state index contributed by atoms with van der Waals surface area (Å²) < 4.78 is 0. The minimum Gasteiger partial charge on any atom is -0.322 e. The van der Waals surface area contributed by atoms with Crippen LogP contribution in [0.2, 0.25) is 0 Å². The van der Waals surface area contributed by atoms with Crippen molar-refractivity contribution in [3.63, 3.8) is 0 Å². The van der Waals surface area contributed by atoms with E-state index >= 15 is 0 Å². The summed E-state index contributed by atoms with van der Waals surface area (Å²) in [5.41, 5.74) is 2.24. The molecule has 4 heteroatoms. The van der Waals surface area contributed by atoms with Crippen molar-refractivity contribution in [1.82, 2.24) is 5.43 Å². The summed E-state index contributed by atoms with van der Waals surface area (Å²) in [6.45, 7) is 1.67. The average molecular weight is 90.1 g/mol. The lowest BCUT2D eigenvalue weighted by Gasteiger charge is -1.89. The molecule has 0 aliphatic heterocycles. The van der Waals surface area contributed by atoms with E-state index in [-0.39, 0.29) is 1.43 Å². The fourth-order valence-corrected chi connectivity index (χ4v) is 0.0373. The van der Waals surface area contributed by atoms with E-state index in [0.717, 1.165) is 0 Å². The van der Waals surface area contributed by atoms with E-state index in [4.69, 9.17) is 11.7 Å². The van der Waals surface area contributed by atoms with Crippen LogP contribution in [0.5, 0.6) is 0 Å². The fourth-order valence-electron chi connectivity index (χ4n) is 0.0373. The SMILES string of the molecule is C/C(=N/N)NN.[HH]. The lowest BCUT2D eigenvalue weighted by Crippen LogP contribution is -2.28. The Kier molecular flexibility index (Phi) is 2.15. The molecule has 0 fully saturated rings. The van der Waals surface area contributed by atoms with E-state index in [1.54, 1.807) is 6.92 Å². The quantitative estimate of drug-likeness (QED) is 0.154. The van der Waals surface area contributed by atoms with Gasteiger partial charge in [-0.2, -0.15) is 5.10 Å². The number of nitrogens with zero attached hydrogens (tertiary/aromatic N) is 1. The first kappa shape index (κ1) is 5.23. The van der Waals surface area contributed by atoms with Gasteiger partial charge in [0.1, 0.15) is 5.84 Å². The second kappa shape index (κ2) is 2.47. The molecular weight excluding hydrogens is 80.0 g/mol. The summed E-state index contributed by atoms with van der Waals surface area (Å²) in [5.74, 6) is 10.1. The highest BCUT2D eigenvalue weighted by molar-refractivity contribution is 5.78. The summed E-state index contributed by atoms with van der Waals surface area (Å²) >= 11 is 0. The molecule has 0 aromatic rings. The topological polar surface area (TPSA) is 76.4 Å². The third kappa shape index (κ3) is 1.54. The van der Waals surface area contributed by atoms with Gasteiger partial charge >= 0.3 is 0 Å². The van der Waals surface area contributed by atoms with Gasteiger partial charge in [-0.3, -0.25) is 0 Å². The highest BCUT2D eigenvalue weighted by Crippen LogP contribution is 1.52. The third-order valence-electron chi connectivity index (χ3n) is 0.403. The molecule has 0 aromatic carbocycles. The van der Waals surface area contributed by atoms with Crippen molar-refractivity contribution in [3.05, 3.63) is 0 Å². The van der Waals surface area contributed by atoms with E-state index in [2.05, 4.69) is 10.5 Å². The zero-order chi connectivity index (χ0) is 4.99. The van der Waals surface area contributed by atoms with E-state index in [1.165, 1.54) is 0 Å². The Bertz CT molecular complexity index is 60.7. The van der Waals surface area contributed by atoms with Gasteiger partial charge in [-0.15, -0.1) is 0 Å². The largest absolute Gasteiger partial charge is 0.322 e. The molecule has 0 unspecified atom stereocenters. The number of hydrogen-bond acceptors (Lipinski definition) is 3. The van der Waals surface area contributed by atoms with Gasteiger partial charge in [-0.05, 0) is 6.92 Å². The van der Waals surface area contributed by atoms with Crippen molar-refractivity contribution in [2.24, 2.45) is 16.8 Å². The van der Waals surface area contributed by atoms with Crippen LogP contribution in [0.15, 0.2) is 5.10 Å². The van der Waals surface area contributed by atoms with Gasteiger partial charge in [-0.25, -0.2) is 5.84 Å². The summed E-state index contributed by atoms with van der Waals surface area (Å²) in [6, 6.07) is 0. The maximum absolute atomic E-state index is 4.82. The van der Waals surface area contributed by atoms with Crippen LogP contribution in [0.1, 0.15) is 8.35 Å². The number of hydrazine groups is 1. The van der Waals surface area contributed by atoms with Crippen molar-refractivity contribution >= 4 is 5.84 Å². The van der Waals surface area contributed by atoms with Crippen LogP contribution in [0.4, 0.5) is 0 Å². The zero-order valence-electron chi connectivity index (χ0n) is 3.60. The number of hydrogen-bond donors (Lipinski definition) is 3. The normalized spacial score (nSPS) is 11.3. The summed E-state index contributed by atoms with van der Waals surface area (Å²) in [7, 11) is 0. The Balaban J connectivity index is 0. The Morgan fingerprint density at radius 2 is 2.50 bits per heavy atom. The van der Waals surface area contributed by atoms with Gasteiger partial charge in [0.15, 0.2) is 0 Å². The molecular formula is C2H10N4. The average Bonchev–Trinajstić information content (AvgIpc) is 1.65. The summed E-state index contributed by atoms with van der Waals surface area (Å²) in [4.78, 5) is 0. The Morgan fingerprint density at radius 1 is 2.00 bits per heavy atom.